The molecule has 90 valence electrons. The van der Waals surface area contributed by atoms with Crippen LogP contribution in [-0.4, -0.2) is 14.8 Å². The van der Waals surface area contributed by atoms with Crippen LogP contribution in [0.1, 0.15) is 24.1 Å². The van der Waals surface area contributed by atoms with E-state index in [1.165, 1.54) is 12.1 Å². The van der Waals surface area contributed by atoms with Crippen LogP contribution in [0.5, 0.6) is 0 Å². The molecule has 5 heteroatoms. The van der Waals surface area contributed by atoms with Crippen molar-refractivity contribution >= 4 is 0 Å². The monoisotopic (exact) mass is 234 g/mol. The first-order valence-electron chi connectivity index (χ1n) is 5.60. The zero-order valence-electron chi connectivity index (χ0n) is 9.73. The molecule has 1 aromatic heterocycles. The van der Waals surface area contributed by atoms with E-state index in [4.69, 9.17) is 5.73 Å². The molecule has 0 fully saturated rings. The summed E-state index contributed by atoms with van der Waals surface area (Å²) in [6, 6.07) is 6.51. The summed E-state index contributed by atoms with van der Waals surface area (Å²) >= 11 is 0. The molecule has 0 amide bonds. The maximum Gasteiger partial charge on any atom is 0.146 e. The van der Waals surface area contributed by atoms with Gasteiger partial charge in [0.25, 0.3) is 0 Å². The smallest absolute Gasteiger partial charge is 0.146 e. The lowest BCUT2D eigenvalue weighted by Gasteiger charge is -2.06. The second-order valence-corrected chi connectivity index (χ2v) is 3.79. The second-order valence-electron chi connectivity index (χ2n) is 3.79. The minimum atomic E-state index is -0.232. The molecular weight excluding hydrogens is 219 g/mol. The van der Waals surface area contributed by atoms with E-state index in [0.717, 1.165) is 23.8 Å². The van der Waals surface area contributed by atoms with Crippen molar-refractivity contribution in [1.82, 2.24) is 14.8 Å². The van der Waals surface area contributed by atoms with E-state index < -0.39 is 0 Å². The molecule has 1 heterocycles. The summed E-state index contributed by atoms with van der Waals surface area (Å²) in [5.74, 6) is 1.35. The molecule has 0 saturated heterocycles. The first kappa shape index (κ1) is 11.7. The third-order valence-electron chi connectivity index (χ3n) is 2.65. The molecule has 0 aliphatic carbocycles. The Morgan fingerprint density at radius 2 is 2.06 bits per heavy atom. The van der Waals surface area contributed by atoms with Gasteiger partial charge in [0.05, 0.1) is 6.54 Å². The van der Waals surface area contributed by atoms with Gasteiger partial charge < -0.3 is 10.3 Å². The highest BCUT2D eigenvalue weighted by molar-refractivity contribution is 5.20. The molecule has 0 saturated carbocycles. The molecule has 17 heavy (non-hydrogen) atoms. The van der Waals surface area contributed by atoms with E-state index in [2.05, 4.69) is 10.2 Å². The third-order valence-corrected chi connectivity index (χ3v) is 2.65. The molecule has 0 spiro atoms. The van der Waals surface area contributed by atoms with Crippen LogP contribution in [0.2, 0.25) is 0 Å². The van der Waals surface area contributed by atoms with Crippen molar-refractivity contribution in [3.63, 3.8) is 0 Å². The molecule has 1 aromatic carbocycles. The number of nitrogens with two attached hydrogens (primary N) is 1. The molecule has 0 atom stereocenters. The largest absolute Gasteiger partial charge is 0.324 e. The number of hydrogen-bond donors (Lipinski definition) is 1. The molecule has 2 rings (SSSR count). The zero-order chi connectivity index (χ0) is 12.3. The number of aromatic nitrogens is 3. The minimum Gasteiger partial charge on any atom is -0.324 e. The summed E-state index contributed by atoms with van der Waals surface area (Å²) in [4.78, 5) is 0. The predicted octanol–water partition coefficient (Wildman–Crippen LogP) is 1.49. The third kappa shape index (κ3) is 2.50. The van der Waals surface area contributed by atoms with Crippen LogP contribution < -0.4 is 5.73 Å². The molecule has 0 unspecified atom stereocenters. The van der Waals surface area contributed by atoms with Gasteiger partial charge in [-0.2, -0.15) is 0 Å². The Morgan fingerprint density at radius 1 is 1.29 bits per heavy atom. The molecule has 2 aromatic rings. The molecule has 0 bridgehead atoms. The number of rotatable bonds is 4. The summed E-state index contributed by atoms with van der Waals surface area (Å²) in [7, 11) is 0. The van der Waals surface area contributed by atoms with E-state index in [1.807, 2.05) is 17.6 Å². The first-order chi connectivity index (χ1) is 8.24. The quantitative estimate of drug-likeness (QED) is 0.871. The van der Waals surface area contributed by atoms with E-state index in [0.29, 0.717) is 13.0 Å². The summed E-state index contributed by atoms with van der Waals surface area (Å²) in [5, 5.41) is 8.11. The van der Waals surface area contributed by atoms with Crippen molar-refractivity contribution in [2.75, 3.05) is 0 Å². The highest BCUT2D eigenvalue weighted by atomic mass is 19.1. The molecule has 0 aliphatic rings. The Kier molecular flexibility index (Phi) is 3.49. The lowest BCUT2D eigenvalue weighted by atomic mass is 10.1. The molecule has 4 nitrogen and oxygen atoms in total. The zero-order valence-corrected chi connectivity index (χ0v) is 9.73. The van der Waals surface area contributed by atoms with E-state index >= 15 is 0 Å². The Morgan fingerprint density at radius 3 is 2.71 bits per heavy atom. The van der Waals surface area contributed by atoms with Gasteiger partial charge in [-0.3, -0.25) is 0 Å². The van der Waals surface area contributed by atoms with Crippen molar-refractivity contribution < 1.29 is 4.39 Å². The van der Waals surface area contributed by atoms with Crippen molar-refractivity contribution in [1.29, 1.82) is 0 Å². The lowest BCUT2D eigenvalue weighted by Crippen LogP contribution is -2.10. The van der Waals surface area contributed by atoms with E-state index in [9.17, 15) is 4.39 Å². The predicted molar refractivity (Wildman–Crippen MR) is 62.8 cm³/mol. The fourth-order valence-corrected chi connectivity index (χ4v) is 1.85. The second kappa shape index (κ2) is 5.05. The molecule has 2 N–H and O–H groups in total. The highest BCUT2D eigenvalue weighted by Gasteiger charge is 2.09. The van der Waals surface area contributed by atoms with Gasteiger partial charge in [-0.25, -0.2) is 4.39 Å². The van der Waals surface area contributed by atoms with E-state index in [-0.39, 0.29) is 5.82 Å². The normalized spacial score (nSPS) is 10.8. The van der Waals surface area contributed by atoms with Gasteiger partial charge >= 0.3 is 0 Å². The van der Waals surface area contributed by atoms with Crippen LogP contribution in [0, 0.1) is 5.82 Å². The van der Waals surface area contributed by atoms with Crippen molar-refractivity contribution in [2.45, 2.75) is 26.4 Å². The van der Waals surface area contributed by atoms with Crippen LogP contribution in [0.3, 0.4) is 0 Å². The Hall–Kier alpha value is -1.75. The highest BCUT2D eigenvalue weighted by Crippen LogP contribution is 2.10. The average molecular weight is 234 g/mol. The van der Waals surface area contributed by atoms with Crippen molar-refractivity contribution in [3.05, 3.63) is 47.3 Å². The summed E-state index contributed by atoms with van der Waals surface area (Å²) in [6.07, 6.45) is 0.568. The standard InChI is InChI=1S/C12H15FN4/c1-2-17-11(15-16-12(17)8-14)7-9-4-3-5-10(13)6-9/h3-6H,2,7-8,14H2,1H3. The maximum absolute atomic E-state index is 13.1. The summed E-state index contributed by atoms with van der Waals surface area (Å²) in [6.45, 7) is 3.14. The van der Waals surface area contributed by atoms with Crippen LogP contribution >= 0.6 is 0 Å². The Balaban J connectivity index is 2.27. The van der Waals surface area contributed by atoms with Gasteiger partial charge in [0.2, 0.25) is 0 Å². The van der Waals surface area contributed by atoms with Crippen molar-refractivity contribution in [3.8, 4) is 0 Å². The lowest BCUT2D eigenvalue weighted by molar-refractivity contribution is 0.624. The summed E-state index contributed by atoms with van der Waals surface area (Å²) < 4.78 is 15.0. The Labute approximate surface area is 99.3 Å². The van der Waals surface area contributed by atoms with E-state index in [1.54, 1.807) is 6.07 Å². The fourth-order valence-electron chi connectivity index (χ4n) is 1.85. The van der Waals surface area contributed by atoms with Gasteiger partial charge in [0.1, 0.15) is 17.5 Å². The van der Waals surface area contributed by atoms with Crippen LogP contribution in [0.15, 0.2) is 24.3 Å². The SMILES string of the molecule is CCn1c(CN)nnc1Cc1cccc(F)c1. The number of benzene rings is 1. The molecule has 0 aliphatic heterocycles. The van der Waals surface area contributed by atoms with Crippen LogP contribution in [-0.2, 0) is 19.5 Å². The van der Waals surface area contributed by atoms with Gasteiger partial charge in [-0.15, -0.1) is 10.2 Å². The summed E-state index contributed by atoms with van der Waals surface area (Å²) in [5.41, 5.74) is 6.46. The van der Waals surface area contributed by atoms with Gasteiger partial charge in [-0.1, -0.05) is 12.1 Å². The molecular formula is C12H15FN4. The number of hydrogen-bond acceptors (Lipinski definition) is 3. The number of nitrogens with zero attached hydrogens (tertiary/aromatic N) is 3. The molecule has 0 radical (unpaired) electrons. The van der Waals surface area contributed by atoms with Gasteiger partial charge in [-0.05, 0) is 24.6 Å². The van der Waals surface area contributed by atoms with Crippen LogP contribution in [0.4, 0.5) is 4.39 Å². The average Bonchev–Trinajstić information content (AvgIpc) is 2.71. The fraction of sp³-hybridized carbons (Fsp3) is 0.333. The minimum absolute atomic E-state index is 0.232. The number of halogens is 1. The van der Waals surface area contributed by atoms with Crippen LogP contribution in [0.25, 0.3) is 0 Å². The Bertz CT molecular complexity index is 507. The van der Waals surface area contributed by atoms with Crippen molar-refractivity contribution in [2.24, 2.45) is 5.73 Å². The van der Waals surface area contributed by atoms with Gasteiger partial charge in [0, 0.05) is 13.0 Å². The maximum atomic E-state index is 13.1. The first-order valence-corrected chi connectivity index (χ1v) is 5.60. The topological polar surface area (TPSA) is 56.7 Å². The van der Waals surface area contributed by atoms with Gasteiger partial charge in [0.15, 0.2) is 0 Å².